The van der Waals surface area contributed by atoms with E-state index in [1.165, 1.54) is 12.1 Å². The fourth-order valence-electron chi connectivity index (χ4n) is 4.87. The Balaban J connectivity index is 1.47. The Morgan fingerprint density at radius 1 is 1.30 bits per heavy atom. The van der Waals surface area contributed by atoms with Gasteiger partial charge in [0.25, 0.3) is 0 Å². The van der Waals surface area contributed by atoms with Crippen LogP contribution in [0.25, 0.3) is 0 Å². The number of alkyl halides is 2. The number of ether oxygens (including phenoxy) is 1. The number of hydrogen-bond donors (Lipinski definition) is 1. The molecule has 2 saturated heterocycles. The summed E-state index contributed by atoms with van der Waals surface area (Å²) >= 11 is 0. The van der Waals surface area contributed by atoms with Crippen molar-refractivity contribution in [2.45, 2.75) is 69.2 Å². The van der Waals surface area contributed by atoms with E-state index >= 15 is 0 Å². The van der Waals surface area contributed by atoms with Gasteiger partial charge in [-0.1, -0.05) is 19.1 Å². The van der Waals surface area contributed by atoms with E-state index in [0.717, 1.165) is 37.7 Å². The van der Waals surface area contributed by atoms with Crippen LogP contribution in [-0.2, 0) is 10.2 Å². The summed E-state index contributed by atoms with van der Waals surface area (Å²) in [5.74, 6) is 0.438. The highest BCUT2D eigenvalue weighted by Gasteiger charge is 2.53. The summed E-state index contributed by atoms with van der Waals surface area (Å²) in [7, 11) is 0. The van der Waals surface area contributed by atoms with Crippen molar-refractivity contribution in [1.29, 1.82) is 5.26 Å². The van der Waals surface area contributed by atoms with Gasteiger partial charge in [-0.05, 0) is 55.7 Å². The number of piperidine rings is 1. The Morgan fingerprint density at radius 2 is 1.96 bits per heavy atom. The minimum Gasteiger partial charge on any atom is -0.435 e. The van der Waals surface area contributed by atoms with Crippen molar-refractivity contribution in [3.8, 4) is 11.9 Å². The van der Waals surface area contributed by atoms with Gasteiger partial charge in [0, 0.05) is 6.04 Å². The molecule has 0 radical (unpaired) electrons. The average Bonchev–Trinajstić information content (AvgIpc) is 3.36. The van der Waals surface area contributed by atoms with E-state index in [-0.39, 0.29) is 23.7 Å². The Kier molecular flexibility index (Phi) is 4.45. The van der Waals surface area contributed by atoms with Crippen molar-refractivity contribution in [2.75, 3.05) is 0 Å². The summed E-state index contributed by atoms with van der Waals surface area (Å²) in [5, 5.41) is 12.7. The minimum atomic E-state index is -2.86. The molecule has 2 heterocycles. The van der Waals surface area contributed by atoms with Crippen LogP contribution >= 0.6 is 0 Å². The second kappa shape index (κ2) is 6.66. The molecule has 144 valence electrons. The number of fused-ring (bicyclic) bond motifs is 2. The van der Waals surface area contributed by atoms with Crippen LogP contribution in [0.1, 0.15) is 44.6 Å². The smallest absolute Gasteiger partial charge is 0.387 e. The lowest BCUT2D eigenvalue weighted by atomic mass is 9.87. The molecule has 7 heteroatoms. The van der Waals surface area contributed by atoms with Crippen LogP contribution in [0.2, 0.25) is 0 Å². The standard InChI is InChI=1S/C20H23F2N3O2/c1-12-10-15(17-7-6-16(12)25(17)11-23)24-18(26)20(8-9-20)13-2-4-14(5-3-13)27-19(21)22/h2-5,12,15-17,19H,6-10H2,1H3,(H,24,26). The predicted molar refractivity (Wildman–Crippen MR) is 94.0 cm³/mol. The number of rotatable bonds is 5. The number of benzene rings is 1. The third-order valence-corrected chi connectivity index (χ3v) is 6.47. The lowest BCUT2D eigenvalue weighted by molar-refractivity contribution is -0.125. The Bertz CT molecular complexity index is 757. The summed E-state index contributed by atoms with van der Waals surface area (Å²) < 4.78 is 29.0. The Labute approximate surface area is 157 Å². The first-order chi connectivity index (χ1) is 12.9. The molecule has 0 aromatic heterocycles. The first-order valence-corrected chi connectivity index (χ1v) is 9.49. The molecule has 1 aliphatic carbocycles. The van der Waals surface area contributed by atoms with Crippen LogP contribution in [0, 0.1) is 17.4 Å². The SMILES string of the molecule is CC1CC(NC(=O)C2(c3ccc(OC(F)F)cc3)CC2)C2CCC1N2C#N. The predicted octanol–water partition coefficient (Wildman–Crippen LogP) is 3.16. The molecule has 27 heavy (non-hydrogen) atoms. The van der Waals surface area contributed by atoms with Crippen LogP contribution in [0.15, 0.2) is 24.3 Å². The molecule has 1 amide bonds. The van der Waals surface area contributed by atoms with E-state index in [1.807, 2.05) is 4.90 Å². The molecule has 3 aliphatic rings. The molecule has 1 aromatic carbocycles. The Hall–Kier alpha value is -2.36. The summed E-state index contributed by atoms with van der Waals surface area (Å²) in [6.45, 7) is -0.717. The van der Waals surface area contributed by atoms with Crippen LogP contribution in [0.4, 0.5) is 8.78 Å². The number of nitrogens with zero attached hydrogens (tertiary/aromatic N) is 2. The quantitative estimate of drug-likeness (QED) is 0.803. The molecule has 1 saturated carbocycles. The minimum absolute atomic E-state index is 0.0227. The van der Waals surface area contributed by atoms with E-state index in [9.17, 15) is 18.8 Å². The number of hydrogen-bond acceptors (Lipinski definition) is 4. The molecule has 1 N–H and O–H groups in total. The fourth-order valence-corrected chi connectivity index (χ4v) is 4.87. The number of nitrogens with one attached hydrogen (secondary N) is 1. The van der Waals surface area contributed by atoms with E-state index < -0.39 is 12.0 Å². The van der Waals surface area contributed by atoms with Gasteiger partial charge in [0.15, 0.2) is 6.19 Å². The highest BCUT2D eigenvalue weighted by Crippen LogP contribution is 2.49. The highest BCUT2D eigenvalue weighted by molar-refractivity contribution is 5.91. The maximum Gasteiger partial charge on any atom is 0.387 e. The number of carbonyl (C=O) groups is 1. The molecular weight excluding hydrogens is 352 g/mol. The maximum absolute atomic E-state index is 13.1. The topological polar surface area (TPSA) is 65.4 Å². The number of carbonyl (C=O) groups excluding carboxylic acids is 1. The van der Waals surface area contributed by atoms with Crippen LogP contribution in [0.5, 0.6) is 5.75 Å². The molecule has 2 bridgehead atoms. The van der Waals surface area contributed by atoms with E-state index in [4.69, 9.17) is 0 Å². The van der Waals surface area contributed by atoms with Gasteiger partial charge < -0.3 is 15.0 Å². The highest BCUT2D eigenvalue weighted by atomic mass is 19.3. The molecule has 4 atom stereocenters. The van der Waals surface area contributed by atoms with E-state index in [2.05, 4.69) is 23.2 Å². The molecular formula is C20H23F2N3O2. The molecule has 3 fully saturated rings. The van der Waals surface area contributed by atoms with Crippen molar-refractivity contribution < 1.29 is 18.3 Å². The first-order valence-electron chi connectivity index (χ1n) is 9.49. The fraction of sp³-hybridized carbons (Fsp3) is 0.600. The third kappa shape index (κ3) is 3.11. The van der Waals surface area contributed by atoms with Gasteiger partial charge in [-0.15, -0.1) is 0 Å². The van der Waals surface area contributed by atoms with Gasteiger partial charge in [0.2, 0.25) is 5.91 Å². The maximum atomic E-state index is 13.1. The van der Waals surface area contributed by atoms with E-state index in [1.54, 1.807) is 12.1 Å². The summed E-state index contributed by atoms with van der Waals surface area (Å²) in [5.41, 5.74) is 0.242. The number of nitriles is 1. The zero-order chi connectivity index (χ0) is 19.2. The summed E-state index contributed by atoms with van der Waals surface area (Å²) in [6, 6.07) is 6.71. The third-order valence-electron chi connectivity index (χ3n) is 6.47. The Morgan fingerprint density at radius 3 is 2.56 bits per heavy atom. The van der Waals surface area contributed by atoms with Gasteiger partial charge in [-0.25, -0.2) is 0 Å². The zero-order valence-electron chi connectivity index (χ0n) is 15.2. The van der Waals surface area contributed by atoms with Crippen molar-refractivity contribution in [3.63, 3.8) is 0 Å². The average molecular weight is 375 g/mol. The molecule has 2 aliphatic heterocycles. The van der Waals surface area contributed by atoms with Gasteiger partial charge >= 0.3 is 6.61 Å². The van der Waals surface area contributed by atoms with E-state index in [0.29, 0.717) is 12.0 Å². The lowest BCUT2D eigenvalue weighted by Gasteiger charge is -2.41. The van der Waals surface area contributed by atoms with Crippen molar-refractivity contribution >= 4 is 5.91 Å². The normalized spacial score (nSPS) is 30.7. The van der Waals surface area contributed by atoms with Crippen molar-refractivity contribution in [2.24, 2.45) is 5.92 Å². The second-order valence-corrected chi connectivity index (χ2v) is 8.00. The van der Waals surface area contributed by atoms with Gasteiger partial charge in [0.1, 0.15) is 5.75 Å². The van der Waals surface area contributed by atoms with Crippen LogP contribution < -0.4 is 10.1 Å². The van der Waals surface area contributed by atoms with Gasteiger partial charge in [0.05, 0.1) is 17.5 Å². The van der Waals surface area contributed by atoms with Crippen molar-refractivity contribution in [3.05, 3.63) is 29.8 Å². The lowest BCUT2D eigenvalue weighted by Crippen LogP contribution is -2.56. The molecule has 0 spiro atoms. The molecule has 1 aromatic rings. The zero-order valence-corrected chi connectivity index (χ0v) is 15.2. The molecule has 4 unspecified atom stereocenters. The number of amides is 1. The summed E-state index contributed by atoms with van der Waals surface area (Å²) in [6.07, 6.45) is 6.62. The first kappa shape index (κ1) is 18.0. The van der Waals surface area contributed by atoms with Gasteiger partial charge in [-0.3, -0.25) is 4.79 Å². The second-order valence-electron chi connectivity index (χ2n) is 8.00. The molecule has 5 nitrogen and oxygen atoms in total. The largest absolute Gasteiger partial charge is 0.435 e. The van der Waals surface area contributed by atoms with Crippen LogP contribution in [-0.4, -0.2) is 35.5 Å². The van der Waals surface area contributed by atoms with Crippen LogP contribution in [0.3, 0.4) is 0 Å². The number of halogens is 2. The van der Waals surface area contributed by atoms with Crippen molar-refractivity contribution in [1.82, 2.24) is 10.2 Å². The monoisotopic (exact) mass is 375 g/mol. The van der Waals surface area contributed by atoms with Gasteiger partial charge in [-0.2, -0.15) is 14.0 Å². The molecule has 4 rings (SSSR count). The summed E-state index contributed by atoms with van der Waals surface area (Å²) in [4.78, 5) is 14.9.